The van der Waals surface area contributed by atoms with E-state index >= 15 is 4.39 Å². The van der Waals surface area contributed by atoms with Crippen molar-refractivity contribution >= 4 is 0 Å². The molecule has 1 heteroatoms. The number of hydrogen-bond acceptors (Lipinski definition) is 0. The molecule has 35 heavy (non-hydrogen) atoms. The Hall–Kier alpha value is -0.0700. The molecule has 7 saturated carbocycles. The van der Waals surface area contributed by atoms with E-state index in [1.165, 1.54) is 70.6 Å². The average Bonchev–Trinajstić information content (AvgIpc) is 2.92. The molecule has 0 spiro atoms. The summed E-state index contributed by atoms with van der Waals surface area (Å²) in [6, 6.07) is 0. The molecule has 0 aliphatic heterocycles. The van der Waals surface area contributed by atoms with Gasteiger partial charge in [-0.1, -0.05) is 70.6 Å². The Morgan fingerprint density at radius 1 is 0.286 bits per heavy atom. The molecule has 7 fully saturated rings. The van der Waals surface area contributed by atoms with E-state index in [-0.39, 0.29) is 0 Å². The van der Waals surface area contributed by atoms with Gasteiger partial charge in [0.25, 0.3) is 0 Å². The zero-order valence-corrected chi connectivity index (χ0v) is 22.7. The zero-order valence-electron chi connectivity index (χ0n) is 22.7. The van der Waals surface area contributed by atoms with Crippen LogP contribution in [0.25, 0.3) is 0 Å². The molecule has 11 unspecified atom stereocenters. The van der Waals surface area contributed by atoms with Gasteiger partial charge in [0.15, 0.2) is 0 Å². The van der Waals surface area contributed by atoms with Crippen molar-refractivity contribution in [1.82, 2.24) is 0 Å². The molecule has 0 aromatic heterocycles. The molecule has 0 amide bonds. The van der Waals surface area contributed by atoms with Crippen LogP contribution in [-0.2, 0) is 0 Å². The predicted octanol–water partition coefficient (Wildman–Crippen LogP) is 10.0. The molecule has 0 bridgehead atoms. The third kappa shape index (κ3) is 4.18. The van der Waals surface area contributed by atoms with Crippen LogP contribution in [0.5, 0.6) is 0 Å². The molecule has 11 atom stereocenters. The Kier molecular flexibility index (Phi) is 7.03. The lowest BCUT2D eigenvalue weighted by Crippen LogP contribution is -2.56. The highest BCUT2D eigenvalue weighted by Crippen LogP contribution is 2.65. The smallest absolute Gasteiger partial charge is 0.103 e. The summed E-state index contributed by atoms with van der Waals surface area (Å²) in [6.45, 7) is 0. The average molecular weight is 483 g/mol. The summed E-state index contributed by atoms with van der Waals surface area (Å²) in [6.07, 6.45) is 30.1. The maximum absolute atomic E-state index is 15.2. The molecular formula is C34H55F. The fourth-order valence-electron chi connectivity index (χ4n) is 13.1. The van der Waals surface area contributed by atoms with E-state index in [4.69, 9.17) is 0 Å². The Bertz CT molecular complexity index is 689. The minimum absolute atomic E-state index is 0.436. The van der Waals surface area contributed by atoms with Crippen molar-refractivity contribution in [2.45, 2.75) is 141 Å². The normalized spacial score (nSPS) is 54.6. The largest absolute Gasteiger partial charge is 0.247 e. The second-order valence-electron chi connectivity index (χ2n) is 15.1. The van der Waals surface area contributed by atoms with Crippen LogP contribution in [0.4, 0.5) is 4.39 Å². The van der Waals surface area contributed by atoms with Crippen molar-refractivity contribution in [3.8, 4) is 0 Å². The van der Waals surface area contributed by atoms with Gasteiger partial charge in [-0.3, -0.25) is 0 Å². The van der Waals surface area contributed by atoms with Crippen LogP contribution in [0, 0.1) is 71.0 Å². The van der Waals surface area contributed by atoms with Gasteiger partial charge >= 0.3 is 0 Å². The van der Waals surface area contributed by atoms with Crippen molar-refractivity contribution in [1.29, 1.82) is 0 Å². The first-order valence-electron chi connectivity index (χ1n) is 17.0. The van der Waals surface area contributed by atoms with E-state index < -0.39 is 6.17 Å². The second kappa shape index (κ2) is 10.2. The van der Waals surface area contributed by atoms with Crippen LogP contribution in [-0.4, -0.2) is 6.17 Å². The Morgan fingerprint density at radius 3 is 1.26 bits per heavy atom. The lowest BCUT2D eigenvalue weighted by molar-refractivity contribution is -0.145. The monoisotopic (exact) mass is 482 g/mol. The van der Waals surface area contributed by atoms with Crippen LogP contribution in [0.2, 0.25) is 0 Å². The van der Waals surface area contributed by atoms with Crippen molar-refractivity contribution in [3.05, 3.63) is 0 Å². The summed E-state index contributed by atoms with van der Waals surface area (Å²) in [5, 5.41) is 0. The molecule has 0 radical (unpaired) electrons. The fourth-order valence-corrected chi connectivity index (χ4v) is 13.1. The fraction of sp³-hybridized carbons (Fsp3) is 1.00. The molecule has 7 aliphatic rings. The zero-order chi connectivity index (χ0) is 23.4. The van der Waals surface area contributed by atoms with Crippen molar-refractivity contribution in [3.63, 3.8) is 0 Å². The van der Waals surface area contributed by atoms with Crippen LogP contribution >= 0.6 is 0 Å². The van der Waals surface area contributed by atoms with Gasteiger partial charge in [-0.25, -0.2) is 4.39 Å². The van der Waals surface area contributed by atoms with Gasteiger partial charge < -0.3 is 0 Å². The number of hydrogen-bond donors (Lipinski definition) is 0. The lowest BCUT2D eigenvalue weighted by Gasteiger charge is -2.63. The van der Waals surface area contributed by atoms with Crippen molar-refractivity contribution in [2.75, 3.05) is 0 Å². The molecule has 0 heterocycles. The van der Waals surface area contributed by atoms with Crippen molar-refractivity contribution in [2.24, 2.45) is 71.0 Å². The maximum Gasteiger partial charge on any atom is 0.103 e. The summed E-state index contributed by atoms with van der Waals surface area (Å²) in [4.78, 5) is 0. The molecule has 0 aromatic carbocycles. The van der Waals surface area contributed by atoms with Crippen LogP contribution in [0.1, 0.15) is 135 Å². The molecule has 7 rings (SSSR count). The van der Waals surface area contributed by atoms with Crippen LogP contribution in [0.3, 0.4) is 0 Å². The summed E-state index contributed by atoms with van der Waals surface area (Å²) < 4.78 is 15.2. The molecule has 0 aromatic rings. The maximum atomic E-state index is 15.2. The molecular weight excluding hydrogens is 427 g/mol. The highest BCUT2D eigenvalue weighted by atomic mass is 19.1. The molecule has 0 N–H and O–H groups in total. The van der Waals surface area contributed by atoms with Gasteiger partial charge in [-0.15, -0.1) is 0 Å². The lowest BCUT2D eigenvalue weighted by atomic mass is 9.42. The Balaban J connectivity index is 1.23. The minimum Gasteiger partial charge on any atom is -0.247 e. The van der Waals surface area contributed by atoms with Crippen molar-refractivity contribution < 1.29 is 4.39 Å². The second-order valence-corrected chi connectivity index (χ2v) is 15.1. The number of alkyl halides is 1. The van der Waals surface area contributed by atoms with E-state index in [9.17, 15) is 0 Å². The summed E-state index contributed by atoms with van der Waals surface area (Å²) in [5.41, 5.74) is 0. The van der Waals surface area contributed by atoms with E-state index in [0.29, 0.717) is 5.92 Å². The first kappa shape index (κ1) is 24.0. The Morgan fingerprint density at radius 2 is 0.657 bits per heavy atom. The highest BCUT2D eigenvalue weighted by Gasteiger charge is 2.58. The van der Waals surface area contributed by atoms with Gasteiger partial charge in [0.1, 0.15) is 6.17 Å². The number of rotatable bonds is 2. The van der Waals surface area contributed by atoms with E-state index in [1.807, 2.05) is 0 Å². The highest BCUT2D eigenvalue weighted by molar-refractivity contribution is 5.07. The van der Waals surface area contributed by atoms with Gasteiger partial charge in [0, 0.05) is 0 Å². The van der Waals surface area contributed by atoms with Gasteiger partial charge in [-0.2, -0.15) is 0 Å². The first-order chi connectivity index (χ1) is 17.3. The summed E-state index contributed by atoms with van der Waals surface area (Å²) in [5.74, 6) is 11.5. The van der Waals surface area contributed by atoms with Gasteiger partial charge in [0.2, 0.25) is 0 Å². The third-order valence-electron chi connectivity index (χ3n) is 14.0. The molecule has 198 valence electrons. The minimum atomic E-state index is -0.470. The van der Waals surface area contributed by atoms with Gasteiger partial charge in [-0.05, 0) is 135 Å². The third-order valence-corrected chi connectivity index (χ3v) is 14.0. The van der Waals surface area contributed by atoms with E-state index in [0.717, 1.165) is 71.5 Å². The van der Waals surface area contributed by atoms with E-state index in [1.54, 1.807) is 57.8 Å². The topological polar surface area (TPSA) is 0 Å². The summed E-state index contributed by atoms with van der Waals surface area (Å²) in [7, 11) is 0. The number of halogens is 1. The summed E-state index contributed by atoms with van der Waals surface area (Å²) >= 11 is 0. The molecule has 0 nitrogen and oxygen atoms in total. The SMILES string of the molecule is FC1CCC(C2C3CCCCC3C(C3CCCC4CCCCC43)C3CCCCC32)C2CCCCC12. The molecule has 0 saturated heterocycles. The van der Waals surface area contributed by atoms with Crippen LogP contribution in [0.15, 0.2) is 0 Å². The number of fused-ring (bicyclic) bond motifs is 4. The van der Waals surface area contributed by atoms with Gasteiger partial charge in [0.05, 0.1) is 0 Å². The standard InChI is InChI=1S/C34H55F/c35-32-21-20-31(24-13-3-4-14-25(24)32)34-29-17-7-5-15-27(29)33(28-16-6-8-18-30(28)34)26-19-9-11-22-10-1-2-12-23(22)26/h22-34H,1-21H2. The Labute approximate surface area is 216 Å². The van der Waals surface area contributed by atoms with Crippen LogP contribution < -0.4 is 0 Å². The quantitative estimate of drug-likeness (QED) is 0.367. The predicted molar refractivity (Wildman–Crippen MR) is 144 cm³/mol. The molecule has 7 aliphatic carbocycles. The van der Waals surface area contributed by atoms with E-state index in [2.05, 4.69) is 0 Å². The first-order valence-corrected chi connectivity index (χ1v) is 17.0.